The maximum Gasteiger partial charge on any atom is 0.226 e. The minimum absolute atomic E-state index is 0.0221. The van der Waals surface area contributed by atoms with Crippen molar-refractivity contribution in [1.82, 2.24) is 20.0 Å². The summed E-state index contributed by atoms with van der Waals surface area (Å²) in [5.41, 5.74) is 3.87. The largest absolute Gasteiger partial charge is 0.496 e. The second-order valence-electron chi connectivity index (χ2n) is 8.18. The van der Waals surface area contributed by atoms with Crippen LogP contribution in [-0.4, -0.2) is 33.0 Å². The van der Waals surface area contributed by atoms with Crippen LogP contribution in [-0.2, 0) is 16.8 Å². The number of carbonyl (C=O) groups excluding carboxylic acids is 1. The van der Waals surface area contributed by atoms with Gasteiger partial charge in [0.1, 0.15) is 11.6 Å². The number of nitrogens with zero attached hydrogens (tertiary/aromatic N) is 3. The number of hydrogen-bond donors (Lipinski definition) is 2. The van der Waals surface area contributed by atoms with Crippen LogP contribution in [0.25, 0.3) is 0 Å². The number of rotatable bonds is 4. The molecule has 0 aliphatic carbocycles. The number of ether oxygens (including phenoxy) is 1. The summed E-state index contributed by atoms with van der Waals surface area (Å²) < 4.78 is 7.26. The van der Waals surface area contributed by atoms with E-state index in [9.17, 15) is 4.79 Å². The molecular formula is C21H25N5O2. The highest BCUT2D eigenvalue weighted by Gasteiger charge is 2.32. The molecular weight excluding hydrogens is 354 g/mol. The summed E-state index contributed by atoms with van der Waals surface area (Å²) in [7, 11) is 1.65. The Kier molecular flexibility index (Phi) is 4.45. The second-order valence-corrected chi connectivity index (χ2v) is 8.18. The molecule has 4 rings (SSSR count). The number of fused-ring (bicyclic) bond motifs is 1. The van der Waals surface area contributed by atoms with Gasteiger partial charge in [-0.15, -0.1) is 0 Å². The average molecular weight is 379 g/mol. The summed E-state index contributed by atoms with van der Waals surface area (Å²) in [5, 5.41) is 15.1. The van der Waals surface area contributed by atoms with Crippen molar-refractivity contribution >= 4 is 11.7 Å². The molecule has 28 heavy (non-hydrogen) atoms. The van der Waals surface area contributed by atoms with Gasteiger partial charge in [0.15, 0.2) is 0 Å². The predicted molar refractivity (Wildman–Crippen MR) is 107 cm³/mol. The van der Waals surface area contributed by atoms with Crippen molar-refractivity contribution < 1.29 is 9.53 Å². The number of para-hydroxylation sites is 1. The Labute approximate surface area is 164 Å². The van der Waals surface area contributed by atoms with E-state index in [1.54, 1.807) is 7.11 Å². The van der Waals surface area contributed by atoms with E-state index in [1.807, 2.05) is 35.1 Å². The highest BCUT2D eigenvalue weighted by atomic mass is 16.5. The SMILES string of the molecule is COc1ccccc1Cn1ncc2c1NC(=O)C[C@H]2c1cc(C(C)(C)C)n[nH]1. The first-order valence-corrected chi connectivity index (χ1v) is 9.40. The molecule has 7 heteroatoms. The number of amides is 1. The van der Waals surface area contributed by atoms with Crippen molar-refractivity contribution in [3.05, 3.63) is 59.0 Å². The van der Waals surface area contributed by atoms with Crippen molar-refractivity contribution in [2.45, 2.75) is 45.1 Å². The van der Waals surface area contributed by atoms with Crippen LogP contribution in [0.4, 0.5) is 5.82 Å². The van der Waals surface area contributed by atoms with Gasteiger partial charge in [0, 0.05) is 34.6 Å². The fraction of sp³-hybridized carbons (Fsp3) is 0.381. The van der Waals surface area contributed by atoms with Gasteiger partial charge in [0.25, 0.3) is 0 Å². The molecule has 1 aromatic carbocycles. The van der Waals surface area contributed by atoms with E-state index < -0.39 is 0 Å². The molecule has 146 valence electrons. The third-order valence-electron chi connectivity index (χ3n) is 5.14. The summed E-state index contributed by atoms with van der Waals surface area (Å²) in [6, 6.07) is 9.88. The maximum atomic E-state index is 12.4. The quantitative estimate of drug-likeness (QED) is 0.727. The molecule has 7 nitrogen and oxygen atoms in total. The number of methoxy groups -OCH3 is 1. The molecule has 2 N–H and O–H groups in total. The van der Waals surface area contributed by atoms with Crippen molar-refractivity contribution in [1.29, 1.82) is 0 Å². The molecule has 2 aromatic heterocycles. The van der Waals surface area contributed by atoms with Crippen LogP contribution in [0.15, 0.2) is 36.5 Å². The normalized spacial score (nSPS) is 16.6. The fourth-order valence-electron chi connectivity index (χ4n) is 3.56. The molecule has 0 unspecified atom stereocenters. The first-order chi connectivity index (χ1) is 13.4. The average Bonchev–Trinajstić information content (AvgIpc) is 3.29. The number of anilines is 1. The maximum absolute atomic E-state index is 12.4. The predicted octanol–water partition coefficient (Wildman–Crippen LogP) is 3.43. The third kappa shape index (κ3) is 3.28. The summed E-state index contributed by atoms with van der Waals surface area (Å²) >= 11 is 0. The van der Waals surface area contributed by atoms with Crippen LogP contribution in [0.5, 0.6) is 5.75 Å². The zero-order chi connectivity index (χ0) is 19.9. The van der Waals surface area contributed by atoms with Crippen LogP contribution in [0.1, 0.15) is 55.6 Å². The second kappa shape index (κ2) is 6.82. The fourth-order valence-corrected chi connectivity index (χ4v) is 3.56. The van der Waals surface area contributed by atoms with Gasteiger partial charge < -0.3 is 10.1 Å². The van der Waals surface area contributed by atoms with Crippen LogP contribution in [0.2, 0.25) is 0 Å². The van der Waals surface area contributed by atoms with Crippen LogP contribution in [0, 0.1) is 0 Å². The number of carbonyl (C=O) groups is 1. The van der Waals surface area contributed by atoms with Gasteiger partial charge in [-0.3, -0.25) is 9.89 Å². The lowest BCUT2D eigenvalue weighted by molar-refractivity contribution is -0.116. The number of aromatic nitrogens is 4. The van der Waals surface area contributed by atoms with Gasteiger partial charge in [0.05, 0.1) is 25.5 Å². The van der Waals surface area contributed by atoms with Gasteiger partial charge in [0.2, 0.25) is 5.91 Å². The lowest BCUT2D eigenvalue weighted by atomic mass is 9.88. The van der Waals surface area contributed by atoms with E-state index in [2.05, 4.69) is 47.5 Å². The molecule has 3 aromatic rings. The van der Waals surface area contributed by atoms with Crippen LogP contribution >= 0.6 is 0 Å². The molecule has 0 fully saturated rings. The molecule has 0 bridgehead atoms. The standard InChI is InChI=1S/C21H25N5O2/c1-21(2,3)18-10-16(24-25-18)14-9-19(27)23-20-15(14)11-22-26(20)12-13-7-5-6-8-17(13)28-4/h5-8,10-11,14H,9,12H2,1-4H3,(H,23,27)(H,24,25)/t14-/m1/s1. The first-order valence-electron chi connectivity index (χ1n) is 9.40. The number of aromatic amines is 1. The third-order valence-corrected chi connectivity index (χ3v) is 5.14. The lowest BCUT2D eigenvalue weighted by Crippen LogP contribution is -2.25. The van der Waals surface area contributed by atoms with Gasteiger partial charge >= 0.3 is 0 Å². The highest BCUT2D eigenvalue weighted by molar-refractivity contribution is 5.94. The Morgan fingerprint density at radius 2 is 2.07 bits per heavy atom. The number of benzene rings is 1. The monoisotopic (exact) mass is 379 g/mol. The number of hydrogen-bond acceptors (Lipinski definition) is 4. The highest BCUT2D eigenvalue weighted by Crippen LogP contribution is 2.37. The molecule has 0 radical (unpaired) electrons. The Bertz CT molecular complexity index is 1010. The summed E-state index contributed by atoms with van der Waals surface area (Å²) in [5.74, 6) is 1.43. The van der Waals surface area contributed by atoms with Crippen LogP contribution in [0.3, 0.4) is 0 Å². The molecule has 0 spiro atoms. The van der Waals surface area contributed by atoms with E-state index in [4.69, 9.17) is 4.74 Å². The van der Waals surface area contributed by atoms with E-state index in [0.29, 0.717) is 13.0 Å². The molecule has 0 saturated carbocycles. The van der Waals surface area contributed by atoms with Gasteiger partial charge in [-0.2, -0.15) is 10.2 Å². The number of nitrogens with one attached hydrogen (secondary N) is 2. The molecule has 0 saturated heterocycles. The molecule has 1 aliphatic heterocycles. The Balaban J connectivity index is 1.69. The number of H-pyrrole nitrogens is 1. The van der Waals surface area contributed by atoms with Gasteiger partial charge in [-0.05, 0) is 12.1 Å². The van der Waals surface area contributed by atoms with E-state index in [-0.39, 0.29) is 17.2 Å². The molecule has 1 amide bonds. The van der Waals surface area contributed by atoms with E-state index in [0.717, 1.165) is 34.1 Å². The van der Waals surface area contributed by atoms with Gasteiger partial charge in [-0.1, -0.05) is 39.0 Å². The van der Waals surface area contributed by atoms with Gasteiger partial charge in [-0.25, -0.2) is 4.68 Å². The van der Waals surface area contributed by atoms with Crippen LogP contribution < -0.4 is 10.1 Å². The summed E-state index contributed by atoms with van der Waals surface area (Å²) in [6.45, 7) is 6.88. The van der Waals surface area contributed by atoms with Crippen molar-refractivity contribution in [2.24, 2.45) is 0 Å². The van der Waals surface area contributed by atoms with E-state index >= 15 is 0 Å². The first kappa shape index (κ1) is 18.3. The Hall–Kier alpha value is -3.09. The Morgan fingerprint density at radius 1 is 1.29 bits per heavy atom. The summed E-state index contributed by atoms with van der Waals surface area (Å²) in [6.07, 6.45) is 2.21. The topological polar surface area (TPSA) is 84.8 Å². The van der Waals surface area contributed by atoms with Crippen molar-refractivity contribution in [3.8, 4) is 5.75 Å². The zero-order valence-corrected chi connectivity index (χ0v) is 16.6. The van der Waals surface area contributed by atoms with E-state index in [1.165, 1.54) is 0 Å². The molecule has 1 atom stereocenters. The van der Waals surface area contributed by atoms with Crippen molar-refractivity contribution in [2.75, 3.05) is 12.4 Å². The van der Waals surface area contributed by atoms with Crippen molar-refractivity contribution in [3.63, 3.8) is 0 Å². The minimum atomic E-state index is -0.0845. The molecule has 3 heterocycles. The zero-order valence-electron chi connectivity index (χ0n) is 16.6. The Morgan fingerprint density at radius 3 is 2.79 bits per heavy atom. The molecule has 1 aliphatic rings. The summed E-state index contributed by atoms with van der Waals surface area (Å²) in [4.78, 5) is 12.4. The minimum Gasteiger partial charge on any atom is -0.496 e. The lowest BCUT2D eigenvalue weighted by Gasteiger charge is -2.22. The smallest absolute Gasteiger partial charge is 0.226 e.